The number of ether oxygens (including phenoxy) is 3. The molecule has 6 heteroatoms. The van der Waals surface area contributed by atoms with E-state index < -0.39 is 17.8 Å². The Morgan fingerprint density at radius 3 is 2.68 bits per heavy atom. The Bertz CT molecular complexity index is 519. The summed E-state index contributed by atoms with van der Waals surface area (Å²) in [6.07, 6.45) is -0.493. The molecule has 0 aromatic heterocycles. The molecule has 6 nitrogen and oxygen atoms in total. The number of alkyl carbamates (subject to hydrolysis) is 1. The molecule has 1 N–H and O–H groups in total. The third-order valence-corrected chi connectivity index (χ3v) is 3.49. The van der Waals surface area contributed by atoms with Crippen LogP contribution in [0.3, 0.4) is 0 Å². The van der Waals surface area contributed by atoms with Crippen LogP contribution in [-0.2, 0) is 25.6 Å². The second-order valence-electron chi connectivity index (χ2n) is 5.30. The van der Waals surface area contributed by atoms with E-state index in [0.717, 1.165) is 5.56 Å². The van der Waals surface area contributed by atoms with Gasteiger partial charge in [0.15, 0.2) is 6.10 Å². The molecule has 1 aromatic carbocycles. The zero-order chi connectivity index (χ0) is 16.0. The summed E-state index contributed by atoms with van der Waals surface area (Å²) in [7, 11) is 0. The topological polar surface area (TPSA) is 77.2 Å². The van der Waals surface area contributed by atoms with Crippen molar-refractivity contribution >= 4 is 12.1 Å². The molecule has 0 saturated carbocycles. The molecule has 120 valence electrons. The summed E-state index contributed by atoms with van der Waals surface area (Å²) in [4.78, 5) is 23.1. The van der Waals surface area contributed by atoms with Gasteiger partial charge < -0.3 is 19.5 Å². The van der Waals surface area contributed by atoms with Crippen LogP contribution in [0.4, 0.5) is 4.79 Å². The lowest BCUT2D eigenvalue weighted by Crippen LogP contribution is -2.29. The van der Waals surface area contributed by atoms with Crippen LogP contribution in [0.5, 0.6) is 0 Å². The fourth-order valence-corrected chi connectivity index (χ4v) is 2.13. The molecular weight excluding hydrogens is 286 g/mol. The third kappa shape index (κ3) is 4.46. The van der Waals surface area contributed by atoms with E-state index in [1.807, 2.05) is 37.3 Å². The molecule has 2 rings (SSSR count). The molecule has 0 unspecified atom stereocenters. The zero-order valence-corrected chi connectivity index (χ0v) is 12.8. The van der Waals surface area contributed by atoms with Crippen LogP contribution < -0.4 is 5.32 Å². The van der Waals surface area contributed by atoms with E-state index in [-0.39, 0.29) is 12.6 Å². The Kier molecular flexibility index (Phi) is 5.38. The minimum absolute atomic E-state index is 0.228. The van der Waals surface area contributed by atoms with Crippen LogP contribution in [0.25, 0.3) is 0 Å². The quantitative estimate of drug-likeness (QED) is 0.616. The molecule has 1 saturated heterocycles. The molecule has 1 amide bonds. The second-order valence-corrected chi connectivity index (χ2v) is 5.30. The Balaban J connectivity index is 1.63. The van der Waals surface area contributed by atoms with Crippen LogP contribution in [0.15, 0.2) is 30.3 Å². The van der Waals surface area contributed by atoms with E-state index in [9.17, 15) is 9.59 Å². The first-order chi connectivity index (χ1) is 10.5. The van der Waals surface area contributed by atoms with Crippen molar-refractivity contribution in [2.75, 3.05) is 13.2 Å². The molecular formula is C16H21NO5. The number of rotatable bonds is 7. The van der Waals surface area contributed by atoms with E-state index >= 15 is 0 Å². The van der Waals surface area contributed by atoms with Crippen molar-refractivity contribution in [3.63, 3.8) is 0 Å². The van der Waals surface area contributed by atoms with E-state index in [1.54, 1.807) is 6.92 Å². The first-order valence-electron chi connectivity index (χ1n) is 7.34. The number of amides is 1. The van der Waals surface area contributed by atoms with Crippen molar-refractivity contribution in [1.82, 2.24) is 5.32 Å². The van der Waals surface area contributed by atoms with Crippen molar-refractivity contribution in [2.45, 2.75) is 38.6 Å². The van der Waals surface area contributed by atoms with Gasteiger partial charge in [0.1, 0.15) is 12.2 Å². The van der Waals surface area contributed by atoms with Crippen molar-refractivity contribution in [3.8, 4) is 0 Å². The molecule has 0 aliphatic carbocycles. The third-order valence-electron chi connectivity index (χ3n) is 3.49. The summed E-state index contributed by atoms with van der Waals surface area (Å²) in [5, 5.41) is 2.65. The minimum Gasteiger partial charge on any atom is -0.464 e. The zero-order valence-electron chi connectivity index (χ0n) is 12.8. The summed E-state index contributed by atoms with van der Waals surface area (Å²) in [5.41, 5.74) is 0.372. The van der Waals surface area contributed by atoms with Gasteiger partial charge in [0.2, 0.25) is 0 Å². The largest absolute Gasteiger partial charge is 0.464 e. The highest BCUT2D eigenvalue weighted by atomic mass is 16.7. The van der Waals surface area contributed by atoms with Crippen LogP contribution in [-0.4, -0.2) is 36.9 Å². The predicted molar refractivity (Wildman–Crippen MR) is 79.2 cm³/mol. The number of epoxide rings is 1. The highest BCUT2D eigenvalue weighted by Gasteiger charge is 2.57. The normalized spacial score (nSPS) is 22.7. The van der Waals surface area contributed by atoms with Gasteiger partial charge in [0.05, 0.1) is 6.61 Å². The van der Waals surface area contributed by atoms with Crippen LogP contribution in [0.2, 0.25) is 0 Å². The first kappa shape index (κ1) is 16.3. The summed E-state index contributed by atoms with van der Waals surface area (Å²) in [5.74, 6) is -0.350. The molecule has 1 fully saturated rings. The molecule has 0 bridgehead atoms. The van der Waals surface area contributed by atoms with Gasteiger partial charge in [-0.3, -0.25) is 0 Å². The summed E-state index contributed by atoms with van der Waals surface area (Å²) >= 11 is 0. The number of esters is 1. The van der Waals surface area contributed by atoms with E-state index in [0.29, 0.717) is 19.6 Å². The van der Waals surface area contributed by atoms with E-state index in [4.69, 9.17) is 14.2 Å². The Morgan fingerprint density at radius 2 is 2.00 bits per heavy atom. The highest BCUT2D eigenvalue weighted by molar-refractivity contribution is 5.79. The van der Waals surface area contributed by atoms with E-state index in [2.05, 4.69) is 5.32 Å². The Hall–Kier alpha value is -2.08. The van der Waals surface area contributed by atoms with E-state index in [1.165, 1.54) is 0 Å². The maximum Gasteiger partial charge on any atom is 0.407 e. The molecule has 22 heavy (non-hydrogen) atoms. The summed E-state index contributed by atoms with van der Waals surface area (Å²) in [6.45, 7) is 4.51. The van der Waals surface area contributed by atoms with Crippen molar-refractivity contribution < 1.29 is 23.8 Å². The number of nitrogens with one attached hydrogen (secondary N) is 1. The number of hydrogen-bond donors (Lipinski definition) is 1. The predicted octanol–water partition coefficient (Wildman–Crippen LogP) is 2.02. The van der Waals surface area contributed by atoms with Gasteiger partial charge in [-0.15, -0.1) is 0 Å². The van der Waals surface area contributed by atoms with Gasteiger partial charge in [-0.2, -0.15) is 0 Å². The van der Waals surface area contributed by atoms with Crippen LogP contribution in [0, 0.1) is 0 Å². The summed E-state index contributed by atoms with van der Waals surface area (Å²) < 4.78 is 15.4. The fraction of sp³-hybridized carbons (Fsp3) is 0.500. The van der Waals surface area contributed by atoms with Crippen LogP contribution >= 0.6 is 0 Å². The average Bonchev–Trinajstić information content (AvgIpc) is 3.18. The Labute approximate surface area is 129 Å². The molecule has 2 atom stereocenters. The van der Waals surface area contributed by atoms with Gasteiger partial charge in [-0.25, -0.2) is 9.59 Å². The molecule has 1 heterocycles. The van der Waals surface area contributed by atoms with Gasteiger partial charge in [0, 0.05) is 6.54 Å². The lowest BCUT2D eigenvalue weighted by Gasteiger charge is -2.09. The molecule has 1 aliphatic heterocycles. The van der Waals surface area contributed by atoms with Crippen LogP contribution in [0.1, 0.15) is 25.8 Å². The van der Waals surface area contributed by atoms with Crippen molar-refractivity contribution in [3.05, 3.63) is 35.9 Å². The number of hydrogen-bond acceptors (Lipinski definition) is 5. The smallest absolute Gasteiger partial charge is 0.407 e. The van der Waals surface area contributed by atoms with Gasteiger partial charge in [0.25, 0.3) is 0 Å². The summed E-state index contributed by atoms with van der Waals surface area (Å²) in [6, 6.07) is 9.45. The minimum atomic E-state index is -0.557. The Morgan fingerprint density at radius 1 is 1.27 bits per heavy atom. The lowest BCUT2D eigenvalue weighted by molar-refractivity contribution is -0.144. The first-order valence-corrected chi connectivity index (χ1v) is 7.34. The maximum atomic E-state index is 11.6. The highest BCUT2D eigenvalue weighted by Crippen LogP contribution is 2.39. The molecule has 0 radical (unpaired) electrons. The number of carbonyl (C=O) groups excluding carboxylic acids is 2. The number of carbonyl (C=O) groups is 2. The molecule has 1 aliphatic rings. The van der Waals surface area contributed by atoms with Gasteiger partial charge in [-0.05, 0) is 25.8 Å². The van der Waals surface area contributed by atoms with Gasteiger partial charge in [-0.1, -0.05) is 30.3 Å². The molecule has 1 aromatic rings. The average molecular weight is 307 g/mol. The monoisotopic (exact) mass is 307 g/mol. The fourth-order valence-electron chi connectivity index (χ4n) is 2.13. The number of benzene rings is 1. The second kappa shape index (κ2) is 7.26. The van der Waals surface area contributed by atoms with Crippen molar-refractivity contribution in [1.29, 1.82) is 0 Å². The maximum absolute atomic E-state index is 11.6. The molecule has 0 spiro atoms. The standard InChI is InChI=1S/C16H21NO5/c1-3-20-14(18)13-16(2,22-13)9-10-17-15(19)21-11-12-7-5-4-6-8-12/h4-8,13H,3,9-11H2,1-2H3,(H,17,19)/t13-,16+/m0/s1. The lowest BCUT2D eigenvalue weighted by atomic mass is 10.0. The van der Waals surface area contributed by atoms with Crippen molar-refractivity contribution in [2.24, 2.45) is 0 Å². The SMILES string of the molecule is CCOC(=O)[C@@H]1O[C@]1(C)CCNC(=O)OCc1ccccc1. The van der Waals surface area contributed by atoms with Gasteiger partial charge >= 0.3 is 12.1 Å².